The van der Waals surface area contributed by atoms with Crippen LogP contribution < -0.4 is 10.9 Å². The summed E-state index contributed by atoms with van der Waals surface area (Å²) >= 11 is 1.60. The first-order valence-electron chi connectivity index (χ1n) is 11.8. The van der Waals surface area contributed by atoms with Crippen molar-refractivity contribution in [2.24, 2.45) is 7.05 Å². The van der Waals surface area contributed by atoms with Crippen LogP contribution in [0.25, 0.3) is 21.6 Å². The summed E-state index contributed by atoms with van der Waals surface area (Å²) in [5.74, 6) is -0.243. The molecule has 1 amide bonds. The number of hydrogen-bond acceptors (Lipinski definition) is 6. The first kappa shape index (κ1) is 23.6. The monoisotopic (exact) mass is 492 g/mol. The number of thiophene rings is 1. The Balaban J connectivity index is 1.25. The smallest absolute Gasteiger partial charge is 0.254 e. The third-order valence-corrected chi connectivity index (χ3v) is 7.51. The summed E-state index contributed by atoms with van der Waals surface area (Å²) in [5.41, 5.74) is 10.7. The molecular weight excluding hydrogens is 463 g/mol. The Morgan fingerprint density at radius 2 is 2.06 bits per heavy atom. The van der Waals surface area contributed by atoms with Gasteiger partial charge >= 0.3 is 0 Å². The van der Waals surface area contributed by atoms with E-state index in [1.807, 2.05) is 56.7 Å². The van der Waals surface area contributed by atoms with Gasteiger partial charge in [0.05, 0.1) is 27.2 Å². The third-order valence-electron chi connectivity index (χ3n) is 6.62. The van der Waals surface area contributed by atoms with Gasteiger partial charge in [-0.25, -0.2) is 9.37 Å². The van der Waals surface area contributed by atoms with E-state index in [0.717, 1.165) is 52.1 Å². The highest BCUT2D eigenvalue weighted by Gasteiger charge is 2.26. The van der Waals surface area contributed by atoms with Gasteiger partial charge in [-0.3, -0.25) is 20.3 Å². The van der Waals surface area contributed by atoms with Crippen LogP contribution in [0.1, 0.15) is 46.9 Å². The molecule has 0 bridgehead atoms. The van der Waals surface area contributed by atoms with Crippen molar-refractivity contribution in [1.29, 1.82) is 0 Å². The number of amides is 1. The van der Waals surface area contributed by atoms with Gasteiger partial charge in [-0.1, -0.05) is 18.2 Å². The maximum atomic E-state index is 13.5. The van der Waals surface area contributed by atoms with Gasteiger partial charge in [0.15, 0.2) is 5.65 Å². The van der Waals surface area contributed by atoms with Crippen LogP contribution in [-0.4, -0.2) is 45.2 Å². The fraction of sp³-hybridized carbons (Fsp3) is 0.346. The van der Waals surface area contributed by atoms with Crippen molar-refractivity contribution in [3.05, 3.63) is 70.5 Å². The van der Waals surface area contributed by atoms with Crippen LogP contribution >= 0.6 is 11.3 Å². The molecule has 5 rings (SSSR count). The lowest BCUT2D eigenvalue weighted by molar-refractivity contribution is 0.0793. The number of benzene rings is 1. The SMILES string of the molecule is Cc1nn(C)c2nc(-c3cccs3)cc(C(=O)N(C)CCCC3CC(c4ccc(F)cc4)NN3)c12. The minimum atomic E-state index is -0.223. The quantitative estimate of drug-likeness (QED) is 0.394. The molecule has 1 saturated heterocycles. The van der Waals surface area contributed by atoms with Crippen LogP contribution in [0.15, 0.2) is 47.8 Å². The van der Waals surface area contributed by atoms with E-state index in [0.29, 0.717) is 18.2 Å². The second kappa shape index (κ2) is 9.85. The highest BCUT2D eigenvalue weighted by atomic mass is 32.1. The number of aryl methyl sites for hydroxylation is 2. The van der Waals surface area contributed by atoms with E-state index in [9.17, 15) is 9.18 Å². The summed E-state index contributed by atoms with van der Waals surface area (Å²) in [6.07, 6.45) is 2.73. The van der Waals surface area contributed by atoms with Crippen molar-refractivity contribution in [3.8, 4) is 10.6 Å². The summed E-state index contributed by atoms with van der Waals surface area (Å²) in [4.78, 5) is 21.2. The number of rotatable bonds is 7. The van der Waals surface area contributed by atoms with Crippen molar-refractivity contribution in [3.63, 3.8) is 0 Å². The Morgan fingerprint density at radius 3 is 2.80 bits per heavy atom. The summed E-state index contributed by atoms with van der Waals surface area (Å²) in [6, 6.07) is 13.0. The van der Waals surface area contributed by atoms with Crippen LogP contribution in [0.4, 0.5) is 4.39 Å². The van der Waals surface area contributed by atoms with Crippen LogP contribution in [0, 0.1) is 12.7 Å². The number of nitrogens with one attached hydrogen (secondary N) is 2. The lowest BCUT2D eigenvalue weighted by Gasteiger charge is -2.19. The normalized spacial score (nSPS) is 17.8. The number of pyridine rings is 1. The molecule has 1 fully saturated rings. The Labute approximate surface area is 207 Å². The topological polar surface area (TPSA) is 75.1 Å². The number of hydrogen-bond donors (Lipinski definition) is 2. The van der Waals surface area contributed by atoms with Gasteiger partial charge in [0.25, 0.3) is 5.91 Å². The average Bonchev–Trinajstić information content (AvgIpc) is 3.60. The second-order valence-corrected chi connectivity index (χ2v) is 10.1. The highest BCUT2D eigenvalue weighted by molar-refractivity contribution is 7.13. The maximum absolute atomic E-state index is 13.5. The minimum absolute atomic E-state index is 0.0204. The van der Waals surface area contributed by atoms with E-state index in [1.165, 1.54) is 12.1 Å². The molecule has 0 radical (unpaired) electrons. The molecule has 182 valence electrons. The average molecular weight is 493 g/mol. The predicted octanol–water partition coefficient (Wildman–Crippen LogP) is 4.60. The number of carbonyl (C=O) groups excluding carboxylic acids is 1. The molecule has 0 spiro atoms. The van der Waals surface area contributed by atoms with Crippen LogP contribution in [-0.2, 0) is 7.05 Å². The zero-order valence-electron chi connectivity index (χ0n) is 20.1. The van der Waals surface area contributed by atoms with Gasteiger partial charge in [-0.15, -0.1) is 11.3 Å². The summed E-state index contributed by atoms with van der Waals surface area (Å²) < 4.78 is 15.0. The fourth-order valence-electron chi connectivity index (χ4n) is 4.77. The highest BCUT2D eigenvalue weighted by Crippen LogP contribution is 2.30. The Bertz CT molecular complexity index is 1330. The lowest BCUT2D eigenvalue weighted by atomic mass is 9.99. The molecule has 7 nitrogen and oxygen atoms in total. The summed E-state index contributed by atoms with van der Waals surface area (Å²) in [6.45, 7) is 2.57. The largest absolute Gasteiger partial charge is 0.342 e. The van der Waals surface area contributed by atoms with Crippen molar-refractivity contribution >= 4 is 28.3 Å². The second-order valence-electron chi connectivity index (χ2n) is 9.13. The number of halogens is 1. The molecule has 2 atom stereocenters. The van der Waals surface area contributed by atoms with Crippen LogP contribution in [0.5, 0.6) is 0 Å². The van der Waals surface area contributed by atoms with Gasteiger partial charge in [-0.2, -0.15) is 5.10 Å². The number of hydrazine groups is 1. The van der Waals surface area contributed by atoms with Crippen molar-refractivity contribution < 1.29 is 9.18 Å². The molecule has 2 N–H and O–H groups in total. The van der Waals surface area contributed by atoms with Crippen LogP contribution in [0.3, 0.4) is 0 Å². The fourth-order valence-corrected chi connectivity index (χ4v) is 5.46. The van der Waals surface area contributed by atoms with E-state index in [-0.39, 0.29) is 17.8 Å². The Kier molecular flexibility index (Phi) is 6.64. The first-order chi connectivity index (χ1) is 16.9. The van der Waals surface area contributed by atoms with Gasteiger partial charge in [-0.05, 0) is 61.4 Å². The maximum Gasteiger partial charge on any atom is 0.254 e. The zero-order valence-corrected chi connectivity index (χ0v) is 20.9. The van der Waals surface area contributed by atoms with E-state index in [4.69, 9.17) is 4.98 Å². The van der Waals surface area contributed by atoms with Crippen LogP contribution in [0.2, 0.25) is 0 Å². The molecule has 9 heteroatoms. The summed E-state index contributed by atoms with van der Waals surface area (Å²) in [7, 11) is 3.72. The molecule has 1 aromatic carbocycles. The predicted molar refractivity (Wildman–Crippen MR) is 137 cm³/mol. The first-order valence-corrected chi connectivity index (χ1v) is 12.7. The van der Waals surface area contributed by atoms with E-state index in [2.05, 4.69) is 16.0 Å². The van der Waals surface area contributed by atoms with Crippen molar-refractivity contribution in [2.75, 3.05) is 13.6 Å². The number of nitrogens with zero attached hydrogens (tertiary/aromatic N) is 4. The molecule has 0 saturated carbocycles. The third kappa shape index (κ3) is 4.84. The number of aromatic nitrogens is 3. The van der Waals surface area contributed by atoms with Gasteiger partial charge < -0.3 is 4.90 Å². The van der Waals surface area contributed by atoms with Crippen molar-refractivity contribution in [2.45, 2.75) is 38.3 Å². The Morgan fingerprint density at radius 1 is 1.26 bits per heavy atom. The van der Waals surface area contributed by atoms with Gasteiger partial charge in [0.2, 0.25) is 0 Å². The molecule has 3 aromatic heterocycles. The molecule has 1 aliphatic heterocycles. The Hall–Kier alpha value is -3.14. The zero-order chi connectivity index (χ0) is 24.5. The molecule has 35 heavy (non-hydrogen) atoms. The molecule has 2 unspecified atom stereocenters. The molecule has 4 aromatic rings. The summed E-state index contributed by atoms with van der Waals surface area (Å²) in [5, 5.41) is 7.34. The standard InChI is InChI=1S/C26H29FN6OS/c1-16-24-20(15-22(23-7-5-13-35-23)28-25(24)33(3)31-16)26(34)32(2)12-4-6-19-14-21(30-29-19)17-8-10-18(27)11-9-17/h5,7-11,13,15,19,21,29-30H,4,6,12,14H2,1-3H3. The van der Waals surface area contributed by atoms with Gasteiger partial charge in [0, 0.05) is 32.7 Å². The van der Waals surface area contributed by atoms with E-state index >= 15 is 0 Å². The minimum Gasteiger partial charge on any atom is -0.342 e. The van der Waals surface area contributed by atoms with Crippen molar-refractivity contribution in [1.82, 2.24) is 30.5 Å². The number of fused-ring (bicyclic) bond motifs is 1. The van der Waals surface area contributed by atoms with E-state index < -0.39 is 0 Å². The molecule has 1 aliphatic rings. The van der Waals surface area contributed by atoms with Gasteiger partial charge in [0.1, 0.15) is 5.82 Å². The number of carbonyl (C=O) groups is 1. The molecule has 4 heterocycles. The lowest BCUT2D eigenvalue weighted by Crippen LogP contribution is -2.32. The molecule has 0 aliphatic carbocycles. The molecular formula is C26H29FN6OS. The van der Waals surface area contributed by atoms with E-state index in [1.54, 1.807) is 20.9 Å².